The minimum Gasteiger partial charge on any atom is -0.383 e. The number of hydrogen-bond acceptors (Lipinski definition) is 4. The molecule has 0 bridgehead atoms. The average molecular weight is 397 g/mol. The Hall–Kier alpha value is -3.67. The molecule has 0 atom stereocenters. The van der Waals surface area contributed by atoms with Crippen molar-refractivity contribution in [1.29, 1.82) is 0 Å². The van der Waals surface area contributed by atoms with Crippen LogP contribution in [0.3, 0.4) is 0 Å². The van der Waals surface area contributed by atoms with E-state index in [1.54, 1.807) is 10.9 Å². The lowest BCUT2D eigenvalue weighted by Gasteiger charge is -2.10. The highest BCUT2D eigenvalue weighted by Crippen LogP contribution is 2.34. The summed E-state index contributed by atoms with van der Waals surface area (Å²) in [5.74, 6) is 1.53. The van der Waals surface area contributed by atoms with Crippen molar-refractivity contribution in [3.63, 3.8) is 0 Å². The zero-order valence-electron chi connectivity index (χ0n) is 17.2. The van der Waals surface area contributed by atoms with Crippen molar-refractivity contribution in [2.24, 2.45) is 0 Å². The van der Waals surface area contributed by atoms with E-state index in [0.717, 1.165) is 28.1 Å². The van der Waals surface area contributed by atoms with Crippen LogP contribution in [0.1, 0.15) is 52.6 Å². The number of aromatic nitrogens is 4. The van der Waals surface area contributed by atoms with Gasteiger partial charge in [0.15, 0.2) is 5.78 Å². The maximum absolute atomic E-state index is 13.3. The van der Waals surface area contributed by atoms with Crippen molar-refractivity contribution in [2.45, 2.75) is 33.1 Å². The van der Waals surface area contributed by atoms with Crippen molar-refractivity contribution >= 4 is 28.7 Å². The molecule has 3 N–H and O–H groups in total. The minimum absolute atomic E-state index is 0.0666. The highest BCUT2D eigenvalue weighted by atomic mass is 16.1. The summed E-state index contributed by atoms with van der Waals surface area (Å²) in [7, 11) is 0. The summed E-state index contributed by atoms with van der Waals surface area (Å²) < 4.78 is 1.60. The molecular weight excluding hydrogens is 374 g/mol. The fourth-order valence-electron chi connectivity index (χ4n) is 4.21. The molecule has 1 aliphatic rings. The van der Waals surface area contributed by atoms with Crippen LogP contribution in [0.5, 0.6) is 0 Å². The number of nitrogen functional groups attached to an aromatic ring is 1. The van der Waals surface area contributed by atoms with Crippen molar-refractivity contribution in [3.05, 3.63) is 76.2 Å². The number of nitrogens with zero attached hydrogens (tertiary/aromatic N) is 3. The molecule has 6 nitrogen and oxygen atoms in total. The number of nitrogens with one attached hydrogen (secondary N) is 1. The molecule has 30 heavy (non-hydrogen) atoms. The highest BCUT2D eigenvalue weighted by molar-refractivity contribution is 6.15. The Balaban J connectivity index is 1.50. The van der Waals surface area contributed by atoms with Crippen LogP contribution in [-0.4, -0.2) is 25.5 Å². The second-order valence-corrected chi connectivity index (χ2v) is 8.13. The van der Waals surface area contributed by atoms with E-state index in [1.807, 2.05) is 31.2 Å². The molecule has 0 unspecified atom stereocenters. The lowest BCUT2D eigenvalue weighted by molar-refractivity contribution is 0.103. The number of H-pyrrole nitrogens is 1. The van der Waals surface area contributed by atoms with Gasteiger partial charge in [-0.25, -0.2) is 9.67 Å². The van der Waals surface area contributed by atoms with E-state index in [0.29, 0.717) is 23.7 Å². The van der Waals surface area contributed by atoms with Crippen molar-refractivity contribution < 1.29 is 4.79 Å². The third-order valence-electron chi connectivity index (χ3n) is 5.72. The van der Waals surface area contributed by atoms with Crippen LogP contribution in [-0.2, 0) is 6.42 Å². The van der Waals surface area contributed by atoms with Gasteiger partial charge in [0.25, 0.3) is 0 Å². The summed E-state index contributed by atoms with van der Waals surface area (Å²) in [4.78, 5) is 20.9. The number of anilines is 1. The van der Waals surface area contributed by atoms with Gasteiger partial charge in [0.1, 0.15) is 11.6 Å². The SMILES string of the molecule is Cc1nc2ccc(-n3ncc(C(=O)C4=Cc5c(cccc5C(C)C)C4)c3N)cc2[nH]1. The highest BCUT2D eigenvalue weighted by Gasteiger charge is 2.25. The lowest BCUT2D eigenvalue weighted by atomic mass is 9.95. The maximum Gasteiger partial charge on any atom is 0.194 e. The molecule has 4 aromatic rings. The number of Topliss-reactive ketones (excluding diaryl/α,β-unsaturated/α-hetero) is 1. The second kappa shape index (κ2) is 6.69. The van der Waals surface area contributed by atoms with E-state index in [2.05, 4.69) is 47.1 Å². The van der Waals surface area contributed by atoms with Crippen LogP contribution in [0.15, 0.2) is 48.2 Å². The number of imidazole rings is 1. The number of allylic oxidation sites excluding steroid dienone is 1. The summed E-state index contributed by atoms with van der Waals surface area (Å²) in [6, 6.07) is 12.0. The Bertz CT molecular complexity index is 1340. The van der Waals surface area contributed by atoms with Gasteiger partial charge in [-0.2, -0.15) is 5.10 Å². The van der Waals surface area contributed by atoms with E-state index in [1.165, 1.54) is 16.7 Å². The average Bonchev–Trinajstić information content (AvgIpc) is 3.41. The van der Waals surface area contributed by atoms with Gasteiger partial charge in [0.05, 0.1) is 28.5 Å². The lowest BCUT2D eigenvalue weighted by Crippen LogP contribution is -2.08. The monoisotopic (exact) mass is 397 g/mol. The van der Waals surface area contributed by atoms with E-state index in [9.17, 15) is 4.79 Å². The molecule has 2 aromatic heterocycles. The zero-order valence-corrected chi connectivity index (χ0v) is 17.2. The van der Waals surface area contributed by atoms with Crippen LogP contribution < -0.4 is 5.73 Å². The molecule has 0 aliphatic heterocycles. The third-order valence-corrected chi connectivity index (χ3v) is 5.72. The minimum atomic E-state index is -0.0666. The number of fused-ring (bicyclic) bond motifs is 2. The molecule has 0 spiro atoms. The Morgan fingerprint density at radius 2 is 2.07 bits per heavy atom. The standard InChI is InChI=1S/C24H23N5O/c1-13(2)18-6-4-5-15-9-16(10-19(15)18)23(30)20-12-26-29(24(20)25)17-7-8-21-22(11-17)28-14(3)27-21/h4-8,10-13H,9,25H2,1-3H3,(H,27,28). The summed E-state index contributed by atoms with van der Waals surface area (Å²) in [5.41, 5.74) is 13.7. The first-order chi connectivity index (χ1) is 14.4. The summed E-state index contributed by atoms with van der Waals surface area (Å²) >= 11 is 0. The van der Waals surface area contributed by atoms with Crippen LogP contribution in [0.25, 0.3) is 22.8 Å². The van der Waals surface area contributed by atoms with E-state index >= 15 is 0 Å². The molecule has 1 aliphatic carbocycles. The Kier molecular flexibility index (Phi) is 4.10. The normalized spacial score (nSPS) is 13.1. The van der Waals surface area contributed by atoms with Crippen molar-refractivity contribution in [2.75, 3.05) is 5.73 Å². The summed E-state index contributed by atoms with van der Waals surface area (Å²) in [6.45, 7) is 6.25. The van der Waals surface area contributed by atoms with Gasteiger partial charge in [-0.3, -0.25) is 4.79 Å². The number of carbonyl (C=O) groups excluding carboxylic acids is 1. The van der Waals surface area contributed by atoms with Gasteiger partial charge >= 0.3 is 0 Å². The molecule has 5 rings (SSSR count). The van der Waals surface area contributed by atoms with Crippen LogP contribution in [0.4, 0.5) is 5.82 Å². The molecule has 0 saturated heterocycles. The first-order valence-electron chi connectivity index (χ1n) is 10.1. The number of rotatable bonds is 4. The molecule has 0 radical (unpaired) electrons. The fourth-order valence-corrected chi connectivity index (χ4v) is 4.21. The molecule has 6 heteroatoms. The number of aryl methyl sites for hydroxylation is 1. The summed E-state index contributed by atoms with van der Waals surface area (Å²) in [5, 5.41) is 4.40. The molecule has 150 valence electrons. The number of ketones is 1. The quantitative estimate of drug-likeness (QED) is 0.493. The van der Waals surface area contributed by atoms with Crippen LogP contribution >= 0.6 is 0 Å². The number of carbonyl (C=O) groups is 1. The Morgan fingerprint density at radius 3 is 2.87 bits per heavy atom. The first kappa shape index (κ1) is 18.4. The number of nitrogens with two attached hydrogens (primary N) is 1. The van der Waals surface area contributed by atoms with Gasteiger partial charge in [-0.1, -0.05) is 32.0 Å². The summed E-state index contributed by atoms with van der Waals surface area (Å²) in [6.07, 6.45) is 4.20. The second-order valence-electron chi connectivity index (χ2n) is 8.13. The molecule has 2 aromatic carbocycles. The van der Waals surface area contributed by atoms with Gasteiger partial charge in [-0.05, 0) is 53.8 Å². The van der Waals surface area contributed by atoms with Gasteiger partial charge in [-0.15, -0.1) is 0 Å². The van der Waals surface area contributed by atoms with Gasteiger partial charge in [0, 0.05) is 12.0 Å². The predicted molar refractivity (Wildman–Crippen MR) is 119 cm³/mol. The predicted octanol–water partition coefficient (Wildman–Crippen LogP) is 4.59. The molecular formula is C24H23N5O. The maximum atomic E-state index is 13.3. The molecule has 0 saturated carbocycles. The third kappa shape index (κ3) is 2.84. The molecule has 0 amide bonds. The smallest absolute Gasteiger partial charge is 0.194 e. The number of benzene rings is 2. The van der Waals surface area contributed by atoms with Gasteiger partial charge in [0.2, 0.25) is 0 Å². The zero-order chi connectivity index (χ0) is 21.0. The first-order valence-corrected chi connectivity index (χ1v) is 10.1. The van der Waals surface area contributed by atoms with Crippen molar-refractivity contribution in [1.82, 2.24) is 19.7 Å². The molecule has 0 fully saturated rings. The Morgan fingerprint density at radius 1 is 1.23 bits per heavy atom. The van der Waals surface area contributed by atoms with E-state index < -0.39 is 0 Å². The van der Waals surface area contributed by atoms with Gasteiger partial charge < -0.3 is 10.7 Å². The number of aromatic amines is 1. The fraction of sp³-hybridized carbons (Fsp3) is 0.208. The van der Waals surface area contributed by atoms with E-state index in [-0.39, 0.29) is 5.78 Å². The van der Waals surface area contributed by atoms with Crippen LogP contribution in [0.2, 0.25) is 0 Å². The largest absolute Gasteiger partial charge is 0.383 e. The van der Waals surface area contributed by atoms with E-state index in [4.69, 9.17) is 5.73 Å². The number of hydrogen-bond donors (Lipinski definition) is 2. The van der Waals surface area contributed by atoms with Crippen molar-refractivity contribution in [3.8, 4) is 5.69 Å². The Labute approximate surface area is 174 Å². The molecule has 2 heterocycles. The topological polar surface area (TPSA) is 89.6 Å². The van der Waals surface area contributed by atoms with Crippen LogP contribution in [0, 0.1) is 6.92 Å².